The highest BCUT2D eigenvalue weighted by Crippen LogP contribution is 2.33. The molecule has 1 aromatic heterocycles. The van der Waals surface area contributed by atoms with Gasteiger partial charge in [-0.3, -0.25) is 0 Å². The number of nitrogens with zero attached hydrogens (tertiary/aromatic N) is 2. The van der Waals surface area contributed by atoms with Crippen LogP contribution >= 0.6 is 15.9 Å². The van der Waals surface area contributed by atoms with Crippen molar-refractivity contribution in [3.8, 4) is 0 Å². The Hall–Kier alpha value is -0.450. The second-order valence-electron chi connectivity index (χ2n) is 5.03. The number of hydrogen-bond donors (Lipinski definition) is 1. The van der Waals surface area contributed by atoms with Gasteiger partial charge in [0.05, 0.1) is 5.60 Å². The van der Waals surface area contributed by atoms with Crippen LogP contribution in [-0.4, -0.2) is 34.1 Å². The van der Waals surface area contributed by atoms with Crippen LogP contribution in [0.25, 0.3) is 0 Å². The molecule has 0 aliphatic carbocycles. The van der Waals surface area contributed by atoms with Gasteiger partial charge in [-0.05, 0) is 48.7 Å². The van der Waals surface area contributed by atoms with Crippen LogP contribution in [0.1, 0.15) is 32.3 Å². The molecule has 17 heavy (non-hydrogen) atoms. The van der Waals surface area contributed by atoms with Gasteiger partial charge in [0, 0.05) is 30.9 Å². The zero-order valence-electron chi connectivity index (χ0n) is 10.4. The lowest BCUT2D eigenvalue weighted by molar-refractivity contribution is -0.0326. The first-order chi connectivity index (χ1) is 8.01. The van der Waals surface area contributed by atoms with Crippen molar-refractivity contribution in [2.45, 2.75) is 38.3 Å². The van der Waals surface area contributed by atoms with Gasteiger partial charge in [-0.2, -0.15) is 0 Å². The Morgan fingerprint density at radius 1 is 1.35 bits per heavy atom. The molecule has 1 aromatic rings. The second-order valence-corrected chi connectivity index (χ2v) is 5.84. The molecule has 0 bridgehead atoms. The van der Waals surface area contributed by atoms with Gasteiger partial charge < -0.3 is 10.0 Å². The highest BCUT2D eigenvalue weighted by atomic mass is 79.9. The summed E-state index contributed by atoms with van der Waals surface area (Å²) >= 11 is 3.31. The summed E-state index contributed by atoms with van der Waals surface area (Å²) in [5.74, 6) is 0. The molecule has 0 saturated carbocycles. The average Bonchev–Trinajstić information content (AvgIpc) is 2.30. The van der Waals surface area contributed by atoms with Crippen molar-refractivity contribution in [3.05, 3.63) is 28.5 Å². The highest BCUT2D eigenvalue weighted by Gasteiger charge is 2.34. The molecular weight excluding hydrogens is 280 g/mol. The molecule has 2 rings (SSSR count). The van der Waals surface area contributed by atoms with Crippen LogP contribution in [0, 0.1) is 0 Å². The Kier molecular flexibility index (Phi) is 3.85. The number of likely N-dealkylation sites (tertiary alicyclic amines) is 1. The molecule has 1 fully saturated rings. The third-order valence-electron chi connectivity index (χ3n) is 3.62. The Balaban J connectivity index is 2.09. The molecule has 0 unspecified atom stereocenters. The lowest BCUT2D eigenvalue weighted by Crippen LogP contribution is -2.45. The average molecular weight is 299 g/mol. The van der Waals surface area contributed by atoms with Crippen LogP contribution in [0.2, 0.25) is 0 Å². The van der Waals surface area contributed by atoms with Crippen LogP contribution in [0.4, 0.5) is 0 Å². The van der Waals surface area contributed by atoms with Crippen molar-refractivity contribution < 1.29 is 5.11 Å². The van der Waals surface area contributed by atoms with Crippen molar-refractivity contribution >= 4 is 15.9 Å². The summed E-state index contributed by atoms with van der Waals surface area (Å²) in [6.45, 7) is 6.30. The second kappa shape index (κ2) is 5.04. The quantitative estimate of drug-likeness (QED) is 0.853. The first-order valence-corrected chi connectivity index (χ1v) is 6.89. The normalized spacial score (nSPS) is 20.8. The number of aromatic nitrogens is 1. The molecule has 1 aliphatic rings. The first kappa shape index (κ1) is 13.0. The van der Waals surface area contributed by atoms with E-state index >= 15 is 0 Å². The number of pyridine rings is 1. The van der Waals surface area contributed by atoms with Gasteiger partial charge in [-0.1, -0.05) is 6.07 Å². The largest absolute Gasteiger partial charge is 0.385 e. The molecule has 1 aliphatic heterocycles. The summed E-state index contributed by atoms with van der Waals surface area (Å²) in [5.41, 5.74) is 0.239. The van der Waals surface area contributed by atoms with Crippen molar-refractivity contribution in [1.82, 2.24) is 9.88 Å². The third kappa shape index (κ3) is 2.87. The van der Waals surface area contributed by atoms with E-state index in [0.717, 1.165) is 36.1 Å². The maximum absolute atomic E-state index is 10.7. The van der Waals surface area contributed by atoms with E-state index in [1.807, 2.05) is 12.1 Å². The molecule has 0 amide bonds. The van der Waals surface area contributed by atoms with E-state index in [0.29, 0.717) is 6.04 Å². The molecule has 2 heterocycles. The number of aliphatic hydroxyl groups is 1. The number of piperidine rings is 1. The Morgan fingerprint density at radius 2 is 2.00 bits per heavy atom. The highest BCUT2D eigenvalue weighted by molar-refractivity contribution is 9.10. The maximum Gasteiger partial charge on any atom is 0.106 e. The monoisotopic (exact) mass is 298 g/mol. The summed E-state index contributed by atoms with van der Waals surface area (Å²) < 4.78 is 0.810. The Morgan fingerprint density at radius 3 is 2.47 bits per heavy atom. The fourth-order valence-electron chi connectivity index (χ4n) is 2.35. The van der Waals surface area contributed by atoms with Crippen molar-refractivity contribution in [3.63, 3.8) is 0 Å². The van der Waals surface area contributed by atoms with E-state index in [1.54, 1.807) is 6.20 Å². The maximum atomic E-state index is 10.7. The predicted molar refractivity (Wildman–Crippen MR) is 71.8 cm³/mol. The fourth-order valence-corrected chi connectivity index (χ4v) is 2.58. The first-order valence-electron chi connectivity index (χ1n) is 6.10. The van der Waals surface area contributed by atoms with E-state index in [-0.39, 0.29) is 0 Å². The predicted octanol–water partition coefficient (Wildman–Crippen LogP) is 2.54. The van der Waals surface area contributed by atoms with Gasteiger partial charge in [-0.25, -0.2) is 4.98 Å². The van der Waals surface area contributed by atoms with Crippen molar-refractivity contribution in [2.75, 3.05) is 13.1 Å². The molecule has 1 N–H and O–H groups in total. The van der Waals surface area contributed by atoms with E-state index in [9.17, 15) is 5.11 Å². The SMILES string of the molecule is CC(C)N1CCC(O)(c2ccc(Br)nc2)CC1. The molecule has 94 valence electrons. The van der Waals surface area contributed by atoms with Crippen LogP contribution in [0.15, 0.2) is 22.9 Å². The van der Waals surface area contributed by atoms with Gasteiger partial charge in [0.2, 0.25) is 0 Å². The zero-order valence-corrected chi connectivity index (χ0v) is 11.9. The van der Waals surface area contributed by atoms with Crippen LogP contribution in [0.3, 0.4) is 0 Å². The van der Waals surface area contributed by atoms with Crippen molar-refractivity contribution in [1.29, 1.82) is 0 Å². The van der Waals surface area contributed by atoms with Gasteiger partial charge in [0.15, 0.2) is 0 Å². The minimum atomic E-state index is -0.695. The van der Waals surface area contributed by atoms with Gasteiger partial charge in [0.25, 0.3) is 0 Å². The lowest BCUT2D eigenvalue weighted by Gasteiger charge is -2.40. The van der Waals surface area contributed by atoms with E-state index in [4.69, 9.17) is 0 Å². The Bertz CT molecular complexity index is 370. The number of rotatable bonds is 2. The fraction of sp³-hybridized carbons (Fsp3) is 0.615. The Labute approximate surface area is 111 Å². The topological polar surface area (TPSA) is 36.4 Å². The van der Waals surface area contributed by atoms with E-state index in [1.165, 1.54) is 0 Å². The van der Waals surface area contributed by atoms with Crippen LogP contribution in [0.5, 0.6) is 0 Å². The van der Waals surface area contributed by atoms with Gasteiger partial charge >= 0.3 is 0 Å². The summed E-state index contributed by atoms with van der Waals surface area (Å²) in [4.78, 5) is 6.60. The molecule has 0 radical (unpaired) electrons. The zero-order chi connectivity index (χ0) is 12.5. The minimum absolute atomic E-state index is 0.558. The molecule has 4 heteroatoms. The van der Waals surface area contributed by atoms with Crippen LogP contribution < -0.4 is 0 Å². The van der Waals surface area contributed by atoms with Crippen LogP contribution in [-0.2, 0) is 5.60 Å². The van der Waals surface area contributed by atoms with E-state index < -0.39 is 5.60 Å². The number of hydrogen-bond acceptors (Lipinski definition) is 3. The minimum Gasteiger partial charge on any atom is -0.385 e. The third-order valence-corrected chi connectivity index (χ3v) is 4.09. The molecule has 1 saturated heterocycles. The molecule has 3 nitrogen and oxygen atoms in total. The smallest absolute Gasteiger partial charge is 0.106 e. The summed E-state index contributed by atoms with van der Waals surface area (Å²) in [5, 5.41) is 10.7. The van der Waals surface area contributed by atoms with Crippen molar-refractivity contribution in [2.24, 2.45) is 0 Å². The van der Waals surface area contributed by atoms with Gasteiger partial charge in [0.1, 0.15) is 4.60 Å². The molecular formula is C13H19BrN2O. The summed E-state index contributed by atoms with van der Waals surface area (Å²) in [6.07, 6.45) is 3.35. The number of halogens is 1. The lowest BCUT2D eigenvalue weighted by atomic mass is 9.85. The summed E-state index contributed by atoms with van der Waals surface area (Å²) in [6, 6.07) is 4.41. The van der Waals surface area contributed by atoms with Gasteiger partial charge in [-0.15, -0.1) is 0 Å². The molecule has 0 spiro atoms. The van der Waals surface area contributed by atoms with E-state index in [2.05, 4.69) is 39.7 Å². The molecule has 0 atom stereocenters. The standard InChI is InChI=1S/C13H19BrN2O/c1-10(2)16-7-5-13(17,6-8-16)11-3-4-12(14)15-9-11/h3-4,9-10,17H,5-8H2,1-2H3. The summed E-state index contributed by atoms with van der Waals surface area (Å²) in [7, 11) is 0. The molecule has 0 aromatic carbocycles.